The monoisotopic (exact) mass is 379 g/mol. The highest BCUT2D eigenvalue weighted by molar-refractivity contribution is 5.97. The average molecular weight is 379 g/mol. The summed E-state index contributed by atoms with van der Waals surface area (Å²) >= 11 is 0. The molecule has 0 unspecified atom stereocenters. The Kier molecular flexibility index (Phi) is 6.11. The highest BCUT2D eigenvalue weighted by atomic mass is 16.6. The van der Waals surface area contributed by atoms with Gasteiger partial charge in [-0.25, -0.2) is 4.79 Å². The third-order valence-electron chi connectivity index (χ3n) is 4.11. The van der Waals surface area contributed by atoms with Gasteiger partial charge in [-0.3, -0.25) is 4.79 Å². The zero-order valence-electron chi connectivity index (χ0n) is 15.7. The number of nitrogens with one attached hydrogen (secondary N) is 1. The zero-order chi connectivity index (χ0) is 19.9. The second kappa shape index (κ2) is 8.90. The van der Waals surface area contributed by atoms with Gasteiger partial charge in [0.25, 0.3) is 5.91 Å². The molecular formula is C22H21NO5. The Morgan fingerprint density at radius 2 is 1.61 bits per heavy atom. The van der Waals surface area contributed by atoms with Crippen molar-refractivity contribution in [3.63, 3.8) is 0 Å². The van der Waals surface area contributed by atoms with Crippen LogP contribution >= 0.6 is 0 Å². The van der Waals surface area contributed by atoms with Crippen LogP contribution in [-0.2, 0) is 14.3 Å². The topological polar surface area (TPSA) is 73.9 Å². The third kappa shape index (κ3) is 4.79. The molecule has 0 saturated heterocycles. The molecule has 0 spiro atoms. The molecule has 1 N–H and O–H groups in total. The number of esters is 1. The number of amides is 1. The molecule has 0 aliphatic carbocycles. The molecule has 0 aliphatic heterocycles. The predicted octanol–water partition coefficient (Wildman–Crippen LogP) is 3.80. The highest BCUT2D eigenvalue weighted by Crippen LogP contribution is 2.25. The normalized spacial score (nSPS) is 11.5. The van der Waals surface area contributed by atoms with Gasteiger partial charge in [-0.05, 0) is 42.0 Å². The molecule has 0 radical (unpaired) electrons. The molecule has 0 aromatic heterocycles. The first-order chi connectivity index (χ1) is 13.6. The van der Waals surface area contributed by atoms with Crippen molar-refractivity contribution in [2.45, 2.75) is 13.0 Å². The Labute approximate surface area is 163 Å². The van der Waals surface area contributed by atoms with Crippen LogP contribution in [0.25, 0.3) is 10.8 Å². The number of carbonyl (C=O) groups excluding carboxylic acids is 2. The van der Waals surface area contributed by atoms with E-state index in [-0.39, 0.29) is 6.61 Å². The predicted molar refractivity (Wildman–Crippen MR) is 107 cm³/mol. The summed E-state index contributed by atoms with van der Waals surface area (Å²) in [6, 6.07) is 20.4. The summed E-state index contributed by atoms with van der Waals surface area (Å²) in [5.74, 6) is -0.124. The molecule has 0 bridgehead atoms. The molecule has 1 amide bonds. The molecule has 0 aliphatic rings. The lowest BCUT2D eigenvalue weighted by atomic mass is 10.1. The molecule has 28 heavy (non-hydrogen) atoms. The fourth-order valence-corrected chi connectivity index (χ4v) is 2.67. The lowest BCUT2D eigenvalue weighted by molar-refractivity contribution is -0.155. The standard InChI is InChI=1S/C22H21NO5/c1-15(28-21(24)14-27-20-10-6-5-9-19(20)26-2)22(25)23-18-12-11-16-7-3-4-8-17(16)13-18/h3-13,15H,14H2,1-2H3,(H,23,25)/t15-/m1/s1. The summed E-state index contributed by atoms with van der Waals surface area (Å²) < 4.78 is 15.7. The lowest BCUT2D eigenvalue weighted by Crippen LogP contribution is -2.31. The Bertz CT molecular complexity index is 985. The molecule has 6 heteroatoms. The van der Waals surface area contributed by atoms with Crippen LogP contribution in [0.4, 0.5) is 5.69 Å². The molecule has 1 atom stereocenters. The largest absolute Gasteiger partial charge is 0.493 e. The van der Waals surface area contributed by atoms with Crippen molar-refractivity contribution in [1.82, 2.24) is 0 Å². The Morgan fingerprint density at radius 1 is 0.929 bits per heavy atom. The maximum atomic E-state index is 12.3. The fraction of sp³-hybridized carbons (Fsp3) is 0.182. The second-order valence-corrected chi connectivity index (χ2v) is 6.12. The van der Waals surface area contributed by atoms with Gasteiger partial charge in [0, 0.05) is 5.69 Å². The van der Waals surface area contributed by atoms with E-state index in [1.807, 2.05) is 36.4 Å². The van der Waals surface area contributed by atoms with E-state index in [1.165, 1.54) is 14.0 Å². The number of hydrogen-bond donors (Lipinski definition) is 1. The van der Waals surface area contributed by atoms with Crippen molar-refractivity contribution in [3.05, 3.63) is 66.7 Å². The van der Waals surface area contributed by atoms with Crippen molar-refractivity contribution in [2.24, 2.45) is 0 Å². The first-order valence-electron chi connectivity index (χ1n) is 8.82. The molecule has 144 valence electrons. The van der Waals surface area contributed by atoms with E-state index in [2.05, 4.69) is 5.32 Å². The second-order valence-electron chi connectivity index (χ2n) is 6.12. The van der Waals surface area contributed by atoms with E-state index in [1.54, 1.807) is 30.3 Å². The molecule has 0 fully saturated rings. The summed E-state index contributed by atoms with van der Waals surface area (Å²) in [6.45, 7) is 1.19. The Morgan fingerprint density at radius 3 is 2.36 bits per heavy atom. The minimum atomic E-state index is -0.958. The van der Waals surface area contributed by atoms with Gasteiger partial charge in [0.15, 0.2) is 24.2 Å². The first kappa shape index (κ1) is 19.2. The van der Waals surface area contributed by atoms with E-state index in [9.17, 15) is 9.59 Å². The van der Waals surface area contributed by atoms with Crippen molar-refractivity contribution in [3.8, 4) is 11.5 Å². The number of fused-ring (bicyclic) bond motifs is 1. The summed E-state index contributed by atoms with van der Waals surface area (Å²) in [5.41, 5.74) is 0.636. The number of hydrogen-bond acceptors (Lipinski definition) is 5. The number of anilines is 1. The maximum Gasteiger partial charge on any atom is 0.344 e. The fourth-order valence-electron chi connectivity index (χ4n) is 2.67. The van der Waals surface area contributed by atoms with Gasteiger partial charge in [-0.15, -0.1) is 0 Å². The molecule has 6 nitrogen and oxygen atoms in total. The number of carbonyl (C=O) groups is 2. The lowest BCUT2D eigenvalue weighted by Gasteiger charge is -2.15. The van der Waals surface area contributed by atoms with E-state index < -0.39 is 18.0 Å². The maximum absolute atomic E-state index is 12.3. The molecule has 3 rings (SSSR count). The van der Waals surface area contributed by atoms with Gasteiger partial charge < -0.3 is 19.5 Å². The van der Waals surface area contributed by atoms with Crippen molar-refractivity contribution < 1.29 is 23.8 Å². The van der Waals surface area contributed by atoms with Crippen molar-refractivity contribution in [1.29, 1.82) is 0 Å². The van der Waals surface area contributed by atoms with Crippen LogP contribution in [0.1, 0.15) is 6.92 Å². The average Bonchev–Trinajstić information content (AvgIpc) is 2.72. The van der Waals surface area contributed by atoms with Crippen LogP contribution in [0, 0.1) is 0 Å². The van der Waals surface area contributed by atoms with Crippen molar-refractivity contribution in [2.75, 3.05) is 19.0 Å². The molecule has 0 heterocycles. The number of ether oxygens (including phenoxy) is 3. The van der Waals surface area contributed by atoms with Crippen LogP contribution in [0.15, 0.2) is 66.7 Å². The van der Waals surface area contributed by atoms with Crippen LogP contribution < -0.4 is 14.8 Å². The van der Waals surface area contributed by atoms with Crippen LogP contribution in [0.5, 0.6) is 11.5 Å². The molecule has 0 saturated carbocycles. The SMILES string of the molecule is COc1ccccc1OCC(=O)O[C@H](C)C(=O)Nc1ccc2ccccc2c1. The smallest absolute Gasteiger partial charge is 0.344 e. The quantitative estimate of drug-likeness (QED) is 0.632. The van der Waals surface area contributed by atoms with Crippen LogP contribution in [0.3, 0.4) is 0 Å². The van der Waals surface area contributed by atoms with Gasteiger partial charge in [0.1, 0.15) is 0 Å². The van der Waals surface area contributed by atoms with Gasteiger partial charge in [0.2, 0.25) is 0 Å². The van der Waals surface area contributed by atoms with Gasteiger partial charge >= 0.3 is 5.97 Å². The number of para-hydroxylation sites is 2. The first-order valence-corrected chi connectivity index (χ1v) is 8.82. The Balaban J connectivity index is 1.53. The molecular weight excluding hydrogens is 358 g/mol. The minimum Gasteiger partial charge on any atom is -0.493 e. The van der Waals surface area contributed by atoms with E-state index in [0.717, 1.165) is 10.8 Å². The summed E-state index contributed by atoms with van der Waals surface area (Å²) in [6.07, 6.45) is -0.958. The molecule has 3 aromatic carbocycles. The van der Waals surface area contributed by atoms with Crippen molar-refractivity contribution >= 4 is 28.3 Å². The number of benzene rings is 3. The van der Waals surface area contributed by atoms with E-state index in [0.29, 0.717) is 17.2 Å². The van der Waals surface area contributed by atoms with Gasteiger partial charge in [-0.2, -0.15) is 0 Å². The van der Waals surface area contributed by atoms with E-state index >= 15 is 0 Å². The van der Waals surface area contributed by atoms with Crippen LogP contribution in [0.2, 0.25) is 0 Å². The Hall–Kier alpha value is -3.54. The minimum absolute atomic E-state index is 0.325. The van der Waals surface area contributed by atoms with Crippen LogP contribution in [-0.4, -0.2) is 31.7 Å². The summed E-state index contributed by atoms with van der Waals surface area (Å²) in [7, 11) is 1.51. The van der Waals surface area contributed by atoms with Gasteiger partial charge in [0.05, 0.1) is 7.11 Å². The van der Waals surface area contributed by atoms with Gasteiger partial charge in [-0.1, -0.05) is 42.5 Å². The molecule has 3 aromatic rings. The zero-order valence-corrected chi connectivity index (χ0v) is 15.7. The van der Waals surface area contributed by atoms with E-state index in [4.69, 9.17) is 14.2 Å². The number of methoxy groups -OCH3 is 1. The summed E-state index contributed by atoms with van der Waals surface area (Å²) in [4.78, 5) is 24.3. The third-order valence-corrected chi connectivity index (χ3v) is 4.11. The number of rotatable bonds is 7. The highest BCUT2D eigenvalue weighted by Gasteiger charge is 2.19. The summed E-state index contributed by atoms with van der Waals surface area (Å²) in [5, 5.41) is 4.84.